The number of benzene rings is 2. The zero-order chi connectivity index (χ0) is 22.5. The highest BCUT2D eigenvalue weighted by molar-refractivity contribution is 8.18. The van der Waals surface area contributed by atoms with Crippen molar-refractivity contribution in [2.45, 2.75) is 20.5 Å². The van der Waals surface area contributed by atoms with Gasteiger partial charge in [-0.25, -0.2) is 4.79 Å². The fourth-order valence-corrected chi connectivity index (χ4v) is 4.12. The van der Waals surface area contributed by atoms with Crippen LogP contribution in [0.3, 0.4) is 0 Å². The SMILES string of the molecule is CCOc1cc(/C=C2\SC(=O)N(CC)C2=O)cc(Cl)c1OCc1cccc(C(=O)O)c1. The molecule has 1 saturated heterocycles. The molecule has 0 aromatic heterocycles. The quantitative estimate of drug-likeness (QED) is 0.548. The van der Waals surface area contributed by atoms with Crippen molar-refractivity contribution in [3.63, 3.8) is 0 Å². The van der Waals surface area contributed by atoms with Crippen LogP contribution in [0.25, 0.3) is 6.08 Å². The minimum atomic E-state index is -1.02. The van der Waals surface area contributed by atoms with E-state index < -0.39 is 5.97 Å². The van der Waals surface area contributed by atoms with Crippen molar-refractivity contribution in [2.75, 3.05) is 13.2 Å². The zero-order valence-corrected chi connectivity index (χ0v) is 18.5. The molecule has 2 aromatic rings. The van der Waals surface area contributed by atoms with Gasteiger partial charge in [-0.1, -0.05) is 23.7 Å². The van der Waals surface area contributed by atoms with E-state index in [1.165, 1.54) is 17.0 Å². The van der Waals surface area contributed by atoms with Crippen LogP contribution in [0.5, 0.6) is 11.5 Å². The molecule has 31 heavy (non-hydrogen) atoms. The lowest BCUT2D eigenvalue weighted by Crippen LogP contribution is -2.27. The summed E-state index contributed by atoms with van der Waals surface area (Å²) >= 11 is 7.30. The number of carbonyl (C=O) groups is 3. The van der Waals surface area contributed by atoms with Gasteiger partial charge in [0.1, 0.15) is 6.61 Å². The molecule has 0 radical (unpaired) electrons. The Bertz CT molecular complexity index is 1070. The summed E-state index contributed by atoms with van der Waals surface area (Å²) in [5.74, 6) is -0.676. The highest BCUT2D eigenvalue weighted by Gasteiger charge is 2.33. The van der Waals surface area contributed by atoms with E-state index >= 15 is 0 Å². The molecule has 2 amide bonds. The summed E-state index contributed by atoms with van der Waals surface area (Å²) < 4.78 is 11.5. The van der Waals surface area contributed by atoms with Crippen molar-refractivity contribution < 1.29 is 29.0 Å². The van der Waals surface area contributed by atoms with E-state index in [0.717, 1.165) is 11.8 Å². The smallest absolute Gasteiger partial charge is 0.335 e. The molecule has 0 aliphatic carbocycles. The number of halogens is 1. The second-order valence-electron chi connectivity index (χ2n) is 6.48. The topological polar surface area (TPSA) is 93.1 Å². The van der Waals surface area contributed by atoms with Crippen LogP contribution in [-0.2, 0) is 11.4 Å². The molecule has 162 valence electrons. The molecule has 2 aromatic carbocycles. The van der Waals surface area contributed by atoms with Crippen molar-refractivity contribution in [1.82, 2.24) is 4.90 Å². The Morgan fingerprint density at radius 2 is 1.97 bits per heavy atom. The van der Waals surface area contributed by atoms with Gasteiger partial charge in [-0.3, -0.25) is 14.5 Å². The summed E-state index contributed by atoms with van der Waals surface area (Å²) in [6, 6.07) is 9.71. The molecule has 3 rings (SSSR count). The first kappa shape index (κ1) is 22.7. The first-order valence-electron chi connectivity index (χ1n) is 9.50. The molecule has 1 aliphatic rings. The molecular formula is C22H20ClNO6S. The second-order valence-corrected chi connectivity index (χ2v) is 7.88. The lowest BCUT2D eigenvalue weighted by molar-refractivity contribution is -0.122. The number of rotatable bonds is 8. The summed E-state index contributed by atoms with van der Waals surface area (Å²) in [6.45, 7) is 4.31. The van der Waals surface area contributed by atoms with Crippen LogP contribution in [0.4, 0.5) is 4.79 Å². The number of carboxylic acid groups (broad SMARTS) is 1. The van der Waals surface area contributed by atoms with Crippen LogP contribution in [0, 0.1) is 0 Å². The molecule has 0 bridgehead atoms. The van der Waals surface area contributed by atoms with Gasteiger partial charge in [0.15, 0.2) is 11.5 Å². The molecular weight excluding hydrogens is 442 g/mol. The maximum absolute atomic E-state index is 12.3. The Labute approximate surface area is 188 Å². The number of likely N-dealkylation sites (N-methyl/N-ethyl adjacent to an activating group) is 1. The van der Waals surface area contributed by atoms with Crippen molar-refractivity contribution in [2.24, 2.45) is 0 Å². The van der Waals surface area contributed by atoms with Crippen molar-refractivity contribution >= 4 is 46.6 Å². The maximum Gasteiger partial charge on any atom is 0.335 e. The van der Waals surface area contributed by atoms with Crippen LogP contribution < -0.4 is 9.47 Å². The van der Waals surface area contributed by atoms with Gasteiger partial charge in [-0.2, -0.15) is 0 Å². The van der Waals surface area contributed by atoms with E-state index in [2.05, 4.69) is 0 Å². The van der Waals surface area contributed by atoms with E-state index in [4.69, 9.17) is 26.2 Å². The van der Waals surface area contributed by atoms with Crippen LogP contribution in [0.2, 0.25) is 5.02 Å². The van der Waals surface area contributed by atoms with Gasteiger partial charge >= 0.3 is 5.97 Å². The van der Waals surface area contributed by atoms with Crippen LogP contribution >= 0.6 is 23.4 Å². The van der Waals surface area contributed by atoms with Crippen molar-refractivity contribution in [3.8, 4) is 11.5 Å². The van der Waals surface area contributed by atoms with Gasteiger partial charge in [-0.15, -0.1) is 0 Å². The van der Waals surface area contributed by atoms with Gasteiger partial charge in [0, 0.05) is 6.54 Å². The second kappa shape index (κ2) is 9.89. The summed E-state index contributed by atoms with van der Waals surface area (Å²) in [5.41, 5.74) is 1.42. The fraction of sp³-hybridized carbons (Fsp3) is 0.227. The monoisotopic (exact) mass is 461 g/mol. The Kier molecular flexibility index (Phi) is 7.25. The molecule has 1 aliphatic heterocycles. The molecule has 0 spiro atoms. The Balaban J connectivity index is 1.86. The molecule has 9 heteroatoms. The molecule has 1 heterocycles. The number of amides is 2. The van der Waals surface area contributed by atoms with E-state index in [1.54, 1.807) is 37.3 Å². The predicted octanol–water partition coefficient (Wildman–Crippen LogP) is 5.07. The standard InChI is InChI=1S/C22H20ClNO6S/c1-3-24-20(25)18(31-22(24)28)11-14-9-16(23)19(17(10-14)29-4-2)30-12-13-6-5-7-15(8-13)21(26)27/h5-11H,3-4,12H2,1-2H3,(H,26,27)/b18-11-. The first-order valence-corrected chi connectivity index (χ1v) is 10.7. The molecule has 7 nitrogen and oxygen atoms in total. The third-order valence-corrected chi connectivity index (χ3v) is 5.56. The lowest BCUT2D eigenvalue weighted by Gasteiger charge is -2.15. The number of imide groups is 1. The number of carboxylic acids is 1. The number of carbonyl (C=O) groups excluding carboxylic acids is 2. The van der Waals surface area contributed by atoms with Gasteiger partial charge in [0.25, 0.3) is 11.1 Å². The third-order valence-electron chi connectivity index (χ3n) is 4.38. The number of hydrogen-bond donors (Lipinski definition) is 1. The molecule has 0 unspecified atom stereocenters. The Hall–Kier alpha value is -2.97. The van der Waals surface area contributed by atoms with E-state index in [0.29, 0.717) is 40.7 Å². The zero-order valence-electron chi connectivity index (χ0n) is 16.9. The van der Waals surface area contributed by atoms with Gasteiger partial charge < -0.3 is 14.6 Å². The number of aromatic carboxylic acids is 1. The Morgan fingerprint density at radius 1 is 1.19 bits per heavy atom. The van der Waals surface area contributed by atoms with Gasteiger partial charge in [0.2, 0.25) is 0 Å². The van der Waals surface area contributed by atoms with E-state index in [1.807, 2.05) is 6.92 Å². The number of nitrogens with zero attached hydrogens (tertiary/aromatic N) is 1. The highest BCUT2D eigenvalue weighted by Crippen LogP contribution is 2.39. The summed E-state index contributed by atoms with van der Waals surface area (Å²) in [7, 11) is 0. The van der Waals surface area contributed by atoms with Crippen molar-refractivity contribution in [3.05, 3.63) is 63.0 Å². The van der Waals surface area contributed by atoms with Crippen LogP contribution in [0.15, 0.2) is 41.3 Å². The van der Waals surface area contributed by atoms with E-state index in [9.17, 15) is 14.4 Å². The minimum absolute atomic E-state index is 0.0929. The summed E-state index contributed by atoms with van der Waals surface area (Å²) in [5, 5.41) is 9.09. The predicted molar refractivity (Wildman–Crippen MR) is 119 cm³/mol. The summed E-state index contributed by atoms with van der Waals surface area (Å²) in [6.07, 6.45) is 1.59. The normalized spacial score (nSPS) is 14.9. The Morgan fingerprint density at radius 3 is 2.61 bits per heavy atom. The lowest BCUT2D eigenvalue weighted by atomic mass is 10.1. The molecule has 1 N–H and O–H groups in total. The number of ether oxygens (including phenoxy) is 2. The number of hydrogen-bond acceptors (Lipinski definition) is 6. The highest BCUT2D eigenvalue weighted by atomic mass is 35.5. The molecule has 0 atom stereocenters. The molecule has 1 fully saturated rings. The average Bonchev–Trinajstić information content (AvgIpc) is 3.00. The number of thioether (sulfide) groups is 1. The van der Waals surface area contributed by atoms with Crippen LogP contribution in [0.1, 0.15) is 35.3 Å². The van der Waals surface area contributed by atoms with Gasteiger partial charge in [0.05, 0.1) is 22.1 Å². The van der Waals surface area contributed by atoms with Crippen molar-refractivity contribution in [1.29, 1.82) is 0 Å². The minimum Gasteiger partial charge on any atom is -0.490 e. The largest absolute Gasteiger partial charge is 0.490 e. The van der Waals surface area contributed by atoms with Gasteiger partial charge in [-0.05, 0) is 67.1 Å². The average molecular weight is 462 g/mol. The van der Waals surface area contributed by atoms with E-state index in [-0.39, 0.29) is 28.3 Å². The first-order chi connectivity index (χ1) is 14.8. The summed E-state index contributed by atoms with van der Waals surface area (Å²) in [4.78, 5) is 36.9. The fourth-order valence-electron chi connectivity index (χ4n) is 2.95. The third kappa shape index (κ3) is 5.21. The maximum atomic E-state index is 12.3. The van der Waals surface area contributed by atoms with Crippen LogP contribution in [-0.4, -0.2) is 40.3 Å². The molecule has 0 saturated carbocycles.